The Balaban J connectivity index is 1.37. The first-order valence-electron chi connectivity index (χ1n) is 8.42. The molecule has 0 spiro atoms. The van der Waals surface area contributed by atoms with Crippen molar-refractivity contribution in [3.05, 3.63) is 58.3 Å². The van der Waals surface area contributed by atoms with Crippen LogP contribution >= 0.6 is 35.0 Å². The van der Waals surface area contributed by atoms with Gasteiger partial charge in [0.25, 0.3) is 0 Å². The van der Waals surface area contributed by atoms with E-state index in [1.807, 2.05) is 30.3 Å². The van der Waals surface area contributed by atoms with Crippen molar-refractivity contribution in [3.63, 3.8) is 0 Å². The van der Waals surface area contributed by atoms with Gasteiger partial charge in [0, 0.05) is 36.8 Å². The number of anilines is 1. The van der Waals surface area contributed by atoms with E-state index in [4.69, 9.17) is 23.2 Å². The molecule has 6 heteroatoms. The van der Waals surface area contributed by atoms with Crippen molar-refractivity contribution >= 4 is 40.7 Å². The maximum atomic E-state index is 12.9. The summed E-state index contributed by atoms with van der Waals surface area (Å²) in [4.78, 5) is 5.98. The van der Waals surface area contributed by atoms with Crippen LogP contribution < -0.4 is 4.90 Å². The summed E-state index contributed by atoms with van der Waals surface area (Å²) in [6.45, 7) is 5.22. The zero-order valence-electron chi connectivity index (χ0n) is 13.9. The number of halogens is 3. The molecule has 0 N–H and O–H groups in total. The Morgan fingerprint density at radius 1 is 0.920 bits per heavy atom. The van der Waals surface area contributed by atoms with Gasteiger partial charge in [-0.15, -0.1) is 11.8 Å². The third kappa shape index (κ3) is 5.52. The summed E-state index contributed by atoms with van der Waals surface area (Å²) in [5.41, 5.74) is 1.14. The van der Waals surface area contributed by atoms with Crippen molar-refractivity contribution in [2.24, 2.45) is 0 Å². The molecule has 0 aliphatic carbocycles. The lowest BCUT2D eigenvalue weighted by Gasteiger charge is -2.36. The lowest BCUT2D eigenvalue weighted by molar-refractivity contribution is 0.259. The van der Waals surface area contributed by atoms with Gasteiger partial charge in [-0.3, -0.25) is 4.90 Å². The fourth-order valence-corrected chi connectivity index (χ4v) is 4.05. The highest BCUT2D eigenvalue weighted by Gasteiger charge is 2.17. The Bertz CT molecular complexity index is 688. The predicted molar refractivity (Wildman–Crippen MR) is 107 cm³/mol. The summed E-state index contributed by atoms with van der Waals surface area (Å²) in [5.74, 6) is 0.878. The minimum atomic E-state index is -0.177. The molecule has 1 aliphatic heterocycles. The number of thioether (sulfide) groups is 1. The molecule has 0 radical (unpaired) electrons. The summed E-state index contributed by atoms with van der Waals surface area (Å²) < 4.78 is 12.9. The Labute approximate surface area is 162 Å². The van der Waals surface area contributed by atoms with Crippen molar-refractivity contribution in [3.8, 4) is 0 Å². The standard InChI is InChI=1S/C19H21Cl2FN2S/c20-18-7-4-16(14-19(18)21)24-11-9-23(10-12-24)8-1-13-25-17-5-2-15(22)3-6-17/h2-7,14H,1,8-13H2. The number of piperazine rings is 1. The highest BCUT2D eigenvalue weighted by atomic mass is 35.5. The van der Waals surface area contributed by atoms with Gasteiger partial charge in [0.2, 0.25) is 0 Å². The third-order valence-corrected chi connectivity index (χ3v) is 6.18. The van der Waals surface area contributed by atoms with Crippen molar-refractivity contribution < 1.29 is 4.39 Å². The van der Waals surface area contributed by atoms with E-state index in [9.17, 15) is 4.39 Å². The molecule has 1 aliphatic rings. The van der Waals surface area contributed by atoms with Gasteiger partial charge in [-0.05, 0) is 61.2 Å². The molecule has 1 fully saturated rings. The molecule has 0 atom stereocenters. The third-order valence-electron chi connectivity index (χ3n) is 4.34. The van der Waals surface area contributed by atoms with Crippen molar-refractivity contribution in [1.29, 1.82) is 0 Å². The summed E-state index contributed by atoms with van der Waals surface area (Å²) >= 11 is 13.9. The van der Waals surface area contributed by atoms with Crippen LogP contribution in [0.15, 0.2) is 47.4 Å². The highest BCUT2D eigenvalue weighted by Crippen LogP contribution is 2.27. The van der Waals surface area contributed by atoms with Crippen LogP contribution in [0.4, 0.5) is 10.1 Å². The van der Waals surface area contributed by atoms with E-state index < -0.39 is 0 Å². The Morgan fingerprint density at radius 3 is 2.32 bits per heavy atom. The number of hydrogen-bond donors (Lipinski definition) is 0. The first-order valence-corrected chi connectivity index (χ1v) is 10.2. The van der Waals surface area contributed by atoms with Crippen molar-refractivity contribution in [2.75, 3.05) is 43.4 Å². The zero-order chi connectivity index (χ0) is 17.6. The first-order chi connectivity index (χ1) is 12.1. The van der Waals surface area contributed by atoms with E-state index in [1.54, 1.807) is 11.8 Å². The van der Waals surface area contributed by atoms with Gasteiger partial charge >= 0.3 is 0 Å². The van der Waals surface area contributed by atoms with E-state index in [2.05, 4.69) is 9.80 Å². The SMILES string of the molecule is Fc1ccc(SCCCN2CCN(c3ccc(Cl)c(Cl)c3)CC2)cc1. The highest BCUT2D eigenvalue weighted by molar-refractivity contribution is 7.99. The van der Waals surface area contributed by atoms with Gasteiger partial charge in [0.05, 0.1) is 10.0 Å². The van der Waals surface area contributed by atoms with Gasteiger partial charge in [0.1, 0.15) is 5.82 Å². The lowest BCUT2D eigenvalue weighted by Crippen LogP contribution is -2.46. The average Bonchev–Trinajstić information content (AvgIpc) is 2.63. The molecule has 0 saturated carbocycles. The maximum Gasteiger partial charge on any atom is 0.123 e. The smallest absolute Gasteiger partial charge is 0.123 e. The molecule has 25 heavy (non-hydrogen) atoms. The van der Waals surface area contributed by atoms with Crippen LogP contribution in [0, 0.1) is 5.82 Å². The van der Waals surface area contributed by atoms with Crippen LogP contribution in [0.25, 0.3) is 0 Å². The van der Waals surface area contributed by atoms with Crippen LogP contribution in [-0.4, -0.2) is 43.4 Å². The van der Waals surface area contributed by atoms with Gasteiger partial charge in [0.15, 0.2) is 0 Å². The Hall–Kier alpha value is -0.940. The Morgan fingerprint density at radius 2 is 1.64 bits per heavy atom. The van der Waals surface area contributed by atoms with Crippen LogP contribution in [-0.2, 0) is 0 Å². The molecular formula is C19H21Cl2FN2S. The maximum absolute atomic E-state index is 12.9. The van der Waals surface area contributed by atoms with E-state index in [-0.39, 0.29) is 5.82 Å². The minimum Gasteiger partial charge on any atom is -0.369 e. The normalized spacial score (nSPS) is 15.6. The molecule has 2 aromatic rings. The van der Waals surface area contributed by atoms with Crippen LogP contribution in [0.2, 0.25) is 10.0 Å². The van der Waals surface area contributed by atoms with Crippen LogP contribution in [0.3, 0.4) is 0 Å². The molecule has 0 unspecified atom stereocenters. The second-order valence-electron chi connectivity index (χ2n) is 6.08. The summed E-state index contributed by atoms with van der Waals surface area (Å²) in [6.07, 6.45) is 1.13. The second kappa shape index (κ2) is 9.13. The summed E-state index contributed by atoms with van der Waals surface area (Å²) in [7, 11) is 0. The molecule has 2 nitrogen and oxygen atoms in total. The fourth-order valence-electron chi connectivity index (χ4n) is 2.92. The van der Waals surface area contributed by atoms with E-state index >= 15 is 0 Å². The van der Waals surface area contributed by atoms with Gasteiger partial charge in [-0.1, -0.05) is 23.2 Å². The molecule has 2 aromatic carbocycles. The van der Waals surface area contributed by atoms with Crippen molar-refractivity contribution in [2.45, 2.75) is 11.3 Å². The van der Waals surface area contributed by atoms with E-state index in [0.29, 0.717) is 10.0 Å². The molecular weight excluding hydrogens is 378 g/mol. The molecule has 134 valence electrons. The first kappa shape index (κ1) is 18.8. The molecule has 3 rings (SSSR count). The Kier molecular flexibility index (Phi) is 6.88. The van der Waals surface area contributed by atoms with Gasteiger partial charge in [-0.25, -0.2) is 4.39 Å². The van der Waals surface area contributed by atoms with Gasteiger partial charge < -0.3 is 4.90 Å². The van der Waals surface area contributed by atoms with Crippen molar-refractivity contribution in [1.82, 2.24) is 4.90 Å². The summed E-state index contributed by atoms with van der Waals surface area (Å²) in [6, 6.07) is 12.6. The largest absolute Gasteiger partial charge is 0.369 e. The van der Waals surface area contributed by atoms with E-state index in [1.165, 1.54) is 12.1 Å². The molecule has 0 aromatic heterocycles. The van der Waals surface area contributed by atoms with Gasteiger partial charge in [-0.2, -0.15) is 0 Å². The van der Waals surface area contributed by atoms with Crippen LogP contribution in [0.1, 0.15) is 6.42 Å². The number of rotatable bonds is 6. The second-order valence-corrected chi connectivity index (χ2v) is 8.07. The number of nitrogens with zero attached hydrogens (tertiary/aromatic N) is 2. The summed E-state index contributed by atoms with van der Waals surface area (Å²) in [5, 5.41) is 1.21. The minimum absolute atomic E-state index is 0.177. The average molecular weight is 399 g/mol. The number of hydrogen-bond acceptors (Lipinski definition) is 3. The zero-order valence-corrected chi connectivity index (χ0v) is 16.3. The van der Waals surface area contributed by atoms with Crippen LogP contribution in [0.5, 0.6) is 0 Å². The quantitative estimate of drug-likeness (QED) is 0.472. The fraction of sp³-hybridized carbons (Fsp3) is 0.368. The number of benzene rings is 2. The molecule has 1 saturated heterocycles. The molecule has 0 amide bonds. The monoisotopic (exact) mass is 398 g/mol. The topological polar surface area (TPSA) is 6.48 Å². The predicted octanol–water partition coefficient (Wildman–Crippen LogP) is 5.44. The molecule has 0 bridgehead atoms. The molecule has 1 heterocycles. The lowest BCUT2D eigenvalue weighted by atomic mass is 10.2. The van der Waals surface area contributed by atoms with E-state index in [0.717, 1.165) is 55.5 Å².